The third-order valence-corrected chi connectivity index (χ3v) is 10.8. The minimum absolute atomic E-state index is 0.0104. The van der Waals surface area contributed by atoms with Crippen LogP contribution in [0.25, 0.3) is 0 Å². The van der Waals surface area contributed by atoms with Gasteiger partial charge in [-0.1, -0.05) is 85.2 Å². The molecule has 1 saturated heterocycles. The number of rotatable bonds is 21. The van der Waals surface area contributed by atoms with Crippen molar-refractivity contribution in [3.8, 4) is 0 Å². The van der Waals surface area contributed by atoms with Gasteiger partial charge < -0.3 is 35.0 Å². The van der Waals surface area contributed by atoms with Gasteiger partial charge in [0.15, 0.2) is 0 Å². The van der Waals surface area contributed by atoms with Crippen LogP contribution < -0.4 is 10.6 Å². The number of ether oxygens (including phenoxy) is 2. The standard InChI is InChI=1S/C40H67N5O8/c1-13-26(6)35(44(10)39(49)33(24(2)3)42-38(48)34(25(4)5)43(8)9)31(52-11)23-32(46)45-21-17-20-30(45)36(53-12)27(7)37(47)41-29(40(50)51)22-28-18-15-14-16-19-28/h14-16,18-19,24-27,29-31,33-36H,13,17,20-23H2,1-12H3,(H,41,47)(H,42,48)(H,50,51)/t26?,27?,29?,30-,31?,33?,34?,35?,36?/m0/s1. The second kappa shape index (κ2) is 21.4. The van der Waals surface area contributed by atoms with Crippen molar-refractivity contribution in [3.05, 3.63) is 35.9 Å². The Labute approximate surface area is 317 Å². The quantitative estimate of drug-likeness (QED) is 0.172. The van der Waals surface area contributed by atoms with Crippen LogP contribution in [0.4, 0.5) is 0 Å². The normalized spacial score (nSPS) is 19.2. The fourth-order valence-corrected chi connectivity index (χ4v) is 7.76. The van der Waals surface area contributed by atoms with Gasteiger partial charge in [0.25, 0.3) is 0 Å². The van der Waals surface area contributed by atoms with Gasteiger partial charge in [-0.15, -0.1) is 0 Å². The largest absolute Gasteiger partial charge is 0.480 e. The summed E-state index contributed by atoms with van der Waals surface area (Å²) in [7, 11) is 8.44. The summed E-state index contributed by atoms with van der Waals surface area (Å²) in [5.74, 6) is -3.21. The molecule has 1 aromatic rings. The highest BCUT2D eigenvalue weighted by Gasteiger charge is 2.43. The van der Waals surface area contributed by atoms with E-state index < -0.39 is 60.2 Å². The van der Waals surface area contributed by atoms with E-state index >= 15 is 0 Å². The summed E-state index contributed by atoms with van der Waals surface area (Å²) >= 11 is 0. The molecule has 1 aliphatic heterocycles. The van der Waals surface area contributed by atoms with E-state index in [1.165, 1.54) is 14.2 Å². The van der Waals surface area contributed by atoms with Crippen molar-refractivity contribution in [2.75, 3.05) is 41.9 Å². The summed E-state index contributed by atoms with van der Waals surface area (Å²) < 4.78 is 11.9. The number of carbonyl (C=O) groups is 5. The number of likely N-dealkylation sites (N-methyl/N-ethyl adjacent to an activating group) is 2. The first-order valence-electron chi connectivity index (χ1n) is 19.1. The lowest BCUT2D eigenvalue weighted by molar-refractivity contribution is -0.148. The van der Waals surface area contributed by atoms with Gasteiger partial charge in [0, 0.05) is 34.2 Å². The first-order valence-corrected chi connectivity index (χ1v) is 19.1. The molecule has 0 aliphatic carbocycles. The monoisotopic (exact) mass is 745 g/mol. The summed E-state index contributed by atoms with van der Waals surface area (Å²) in [4.78, 5) is 72.5. The van der Waals surface area contributed by atoms with Crippen LogP contribution in [0.3, 0.4) is 0 Å². The molecule has 0 radical (unpaired) electrons. The summed E-state index contributed by atoms with van der Waals surface area (Å²) in [5, 5.41) is 15.6. The molecule has 8 unspecified atom stereocenters. The van der Waals surface area contributed by atoms with Crippen LogP contribution in [-0.4, -0.2) is 134 Å². The molecule has 1 heterocycles. The number of aliphatic carboxylic acids is 1. The van der Waals surface area contributed by atoms with E-state index in [4.69, 9.17) is 9.47 Å². The number of likely N-dealkylation sites (tertiary alicyclic amines) is 1. The van der Waals surface area contributed by atoms with Crippen LogP contribution >= 0.6 is 0 Å². The molecule has 1 aromatic carbocycles. The molecule has 53 heavy (non-hydrogen) atoms. The number of carboxylic acid groups (broad SMARTS) is 1. The molecule has 1 fully saturated rings. The smallest absolute Gasteiger partial charge is 0.326 e. The Morgan fingerprint density at radius 2 is 1.53 bits per heavy atom. The van der Waals surface area contributed by atoms with Crippen molar-refractivity contribution in [3.63, 3.8) is 0 Å². The van der Waals surface area contributed by atoms with Gasteiger partial charge in [0.05, 0.1) is 42.7 Å². The summed E-state index contributed by atoms with van der Waals surface area (Å²) in [5.41, 5.74) is 0.785. The molecule has 0 saturated carbocycles. The van der Waals surface area contributed by atoms with Crippen molar-refractivity contribution in [1.82, 2.24) is 25.3 Å². The fraction of sp³-hybridized carbons (Fsp3) is 0.725. The van der Waals surface area contributed by atoms with Gasteiger partial charge in [0.1, 0.15) is 12.1 Å². The molecule has 0 spiro atoms. The third kappa shape index (κ3) is 12.2. The van der Waals surface area contributed by atoms with Crippen LogP contribution in [0.5, 0.6) is 0 Å². The highest BCUT2D eigenvalue weighted by Crippen LogP contribution is 2.30. The van der Waals surface area contributed by atoms with Crippen molar-refractivity contribution >= 4 is 29.6 Å². The molecule has 13 nitrogen and oxygen atoms in total. The first kappa shape index (κ1) is 45.6. The SMILES string of the molecule is CCC(C)C(C(CC(=O)N1CCC[C@H]1C(OC)C(C)C(=O)NC(Cc1ccccc1)C(=O)O)OC)N(C)C(=O)C(NC(=O)C(C(C)C)N(C)C)C(C)C. The molecule has 3 N–H and O–H groups in total. The molecule has 13 heteroatoms. The van der Waals surface area contributed by atoms with Crippen molar-refractivity contribution < 1.29 is 38.6 Å². The predicted molar refractivity (Wildman–Crippen MR) is 205 cm³/mol. The van der Waals surface area contributed by atoms with Gasteiger partial charge in [-0.2, -0.15) is 0 Å². The predicted octanol–water partition coefficient (Wildman–Crippen LogP) is 3.45. The highest BCUT2D eigenvalue weighted by molar-refractivity contribution is 5.90. The Hall–Kier alpha value is -3.55. The maximum atomic E-state index is 14.2. The van der Waals surface area contributed by atoms with Crippen LogP contribution in [0, 0.1) is 23.7 Å². The van der Waals surface area contributed by atoms with E-state index in [2.05, 4.69) is 10.6 Å². The van der Waals surface area contributed by atoms with Crippen molar-refractivity contribution in [2.45, 2.75) is 123 Å². The Bertz CT molecular complexity index is 1330. The number of carbonyl (C=O) groups excluding carboxylic acids is 4. The Morgan fingerprint density at radius 3 is 2.02 bits per heavy atom. The van der Waals surface area contributed by atoms with Crippen molar-refractivity contribution in [2.24, 2.45) is 23.7 Å². The first-order chi connectivity index (χ1) is 24.9. The minimum Gasteiger partial charge on any atom is -0.480 e. The zero-order valence-corrected chi connectivity index (χ0v) is 34.1. The topological polar surface area (TPSA) is 158 Å². The third-order valence-electron chi connectivity index (χ3n) is 10.8. The van der Waals surface area contributed by atoms with Gasteiger partial charge in [-0.05, 0) is 50.3 Å². The lowest BCUT2D eigenvalue weighted by atomic mass is 9.89. The van der Waals surface area contributed by atoms with E-state index in [0.717, 1.165) is 12.0 Å². The Kier molecular flexibility index (Phi) is 18.4. The number of methoxy groups -OCH3 is 2. The van der Waals surface area contributed by atoms with Crippen LogP contribution in [0.2, 0.25) is 0 Å². The van der Waals surface area contributed by atoms with Crippen LogP contribution in [0.1, 0.15) is 79.7 Å². The lowest BCUT2D eigenvalue weighted by Crippen LogP contribution is -2.59. The molecular formula is C40H67N5O8. The van der Waals surface area contributed by atoms with E-state index in [1.54, 1.807) is 23.8 Å². The lowest BCUT2D eigenvalue weighted by Gasteiger charge is -2.41. The van der Waals surface area contributed by atoms with Gasteiger partial charge in [-0.3, -0.25) is 24.1 Å². The number of benzene rings is 1. The van der Waals surface area contributed by atoms with E-state index in [0.29, 0.717) is 19.4 Å². The maximum absolute atomic E-state index is 14.2. The van der Waals surface area contributed by atoms with Gasteiger partial charge in [0.2, 0.25) is 23.6 Å². The van der Waals surface area contributed by atoms with E-state index in [-0.39, 0.29) is 48.3 Å². The average Bonchev–Trinajstić information content (AvgIpc) is 3.59. The molecular weight excluding hydrogens is 678 g/mol. The molecule has 9 atom stereocenters. The van der Waals surface area contributed by atoms with Gasteiger partial charge in [-0.25, -0.2) is 4.79 Å². The summed E-state index contributed by atoms with van der Waals surface area (Å²) in [6.45, 7) is 13.9. The summed E-state index contributed by atoms with van der Waals surface area (Å²) in [6, 6.07) is 5.89. The van der Waals surface area contributed by atoms with Gasteiger partial charge >= 0.3 is 5.97 Å². The number of nitrogens with zero attached hydrogens (tertiary/aromatic N) is 3. The summed E-state index contributed by atoms with van der Waals surface area (Å²) in [6.07, 6.45) is 0.820. The molecule has 4 amide bonds. The molecule has 2 rings (SSSR count). The average molecular weight is 746 g/mol. The molecule has 0 bridgehead atoms. The second-order valence-electron chi connectivity index (χ2n) is 15.6. The molecule has 300 valence electrons. The van der Waals surface area contributed by atoms with E-state index in [9.17, 15) is 29.1 Å². The fourth-order valence-electron chi connectivity index (χ4n) is 7.76. The molecule has 1 aliphatic rings. The second-order valence-corrected chi connectivity index (χ2v) is 15.6. The van der Waals surface area contributed by atoms with Crippen LogP contribution in [0.15, 0.2) is 30.3 Å². The maximum Gasteiger partial charge on any atom is 0.326 e. The van der Waals surface area contributed by atoms with Crippen molar-refractivity contribution in [1.29, 1.82) is 0 Å². The number of carboxylic acids is 1. The zero-order chi connectivity index (χ0) is 40.2. The van der Waals surface area contributed by atoms with E-state index in [1.807, 2.05) is 90.9 Å². The zero-order valence-electron chi connectivity index (χ0n) is 34.1. The Morgan fingerprint density at radius 1 is 0.906 bits per heavy atom. The number of hydrogen-bond acceptors (Lipinski definition) is 8. The number of amides is 4. The number of hydrogen-bond donors (Lipinski definition) is 3. The Balaban J connectivity index is 2.27. The highest BCUT2D eigenvalue weighted by atomic mass is 16.5. The molecule has 0 aromatic heterocycles. The number of nitrogens with one attached hydrogen (secondary N) is 2. The minimum atomic E-state index is -1.14. The van der Waals surface area contributed by atoms with Crippen LogP contribution in [-0.2, 0) is 39.9 Å².